The maximum absolute atomic E-state index is 9.92. The van der Waals surface area contributed by atoms with Crippen molar-refractivity contribution in [1.82, 2.24) is 20.1 Å². The molecule has 3 aromatic rings. The summed E-state index contributed by atoms with van der Waals surface area (Å²) in [6.07, 6.45) is 1.64. The summed E-state index contributed by atoms with van der Waals surface area (Å²) in [6, 6.07) is 6.96. The van der Waals surface area contributed by atoms with Crippen molar-refractivity contribution in [1.29, 1.82) is 0 Å². The molecule has 20 heavy (non-hydrogen) atoms. The van der Waals surface area contributed by atoms with E-state index in [0.29, 0.717) is 22.9 Å². The molecule has 0 aliphatic carbocycles. The van der Waals surface area contributed by atoms with Crippen LogP contribution in [0.4, 0.5) is 0 Å². The van der Waals surface area contributed by atoms with Gasteiger partial charge in [-0.05, 0) is 37.6 Å². The molecular weight excluding hydrogens is 256 g/mol. The fraction of sp³-hybridized carbons (Fsp3) is 0.143. The zero-order valence-electron chi connectivity index (χ0n) is 11.0. The van der Waals surface area contributed by atoms with E-state index in [1.165, 1.54) is 0 Å². The molecular formula is C14H12N4O2. The van der Waals surface area contributed by atoms with Crippen molar-refractivity contribution in [2.45, 2.75) is 13.8 Å². The number of aromatic nitrogens is 4. The Bertz CT molecular complexity index is 767. The summed E-state index contributed by atoms with van der Waals surface area (Å²) in [5.74, 6) is 1.37. The molecule has 1 aromatic carbocycles. The molecule has 0 spiro atoms. The minimum atomic E-state index is 0.110. The first-order chi connectivity index (χ1) is 9.63. The van der Waals surface area contributed by atoms with Crippen molar-refractivity contribution in [2.24, 2.45) is 0 Å². The quantitative estimate of drug-likeness (QED) is 0.768. The van der Waals surface area contributed by atoms with E-state index in [4.69, 9.17) is 4.52 Å². The second-order valence-corrected chi connectivity index (χ2v) is 4.43. The van der Waals surface area contributed by atoms with E-state index in [2.05, 4.69) is 20.1 Å². The summed E-state index contributed by atoms with van der Waals surface area (Å²) in [6.45, 7) is 3.68. The molecule has 1 N–H and O–H groups in total. The van der Waals surface area contributed by atoms with Crippen molar-refractivity contribution < 1.29 is 9.63 Å². The molecule has 2 heterocycles. The molecule has 0 aliphatic heterocycles. The lowest BCUT2D eigenvalue weighted by atomic mass is 10.1. The van der Waals surface area contributed by atoms with Gasteiger partial charge in [-0.3, -0.25) is 0 Å². The second kappa shape index (κ2) is 4.73. The number of hydrogen-bond donors (Lipinski definition) is 1. The molecule has 0 aliphatic rings. The van der Waals surface area contributed by atoms with Crippen molar-refractivity contribution in [3.8, 4) is 28.7 Å². The molecule has 100 valence electrons. The predicted molar refractivity (Wildman–Crippen MR) is 71.9 cm³/mol. The van der Waals surface area contributed by atoms with Gasteiger partial charge < -0.3 is 9.63 Å². The lowest BCUT2D eigenvalue weighted by Crippen LogP contribution is -1.91. The summed E-state index contributed by atoms with van der Waals surface area (Å²) < 4.78 is 5.18. The summed E-state index contributed by atoms with van der Waals surface area (Å²) in [4.78, 5) is 12.5. The van der Waals surface area contributed by atoms with Crippen LogP contribution in [0.3, 0.4) is 0 Å². The highest BCUT2D eigenvalue weighted by molar-refractivity contribution is 5.64. The molecule has 6 heteroatoms. The number of rotatable bonds is 2. The summed E-state index contributed by atoms with van der Waals surface area (Å²) >= 11 is 0. The third kappa shape index (κ3) is 2.23. The Labute approximate surface area is 115 Å². The van der Waals surface area contributed by atoms with Crippen molar-refractivity contribution in [3.63, 3.8) is 0 Å². The van der Waals surface area contributed by atoms with Crippen LogP contribution in [0.5, 0.6) is 5.75 Å². The molecule has 0 atom stereocenters. The molecule has 0 saturated carbocycles. The number of phenols is 1. The zero-order valence-corrected chi connectivity index (χ0v) is 11.0. The van der Waals surface area contributed by atoms with E-state index in [0.717, 1.165) is 5.56 Å². The Morgan fingerprint density at radius 3 is 2.70 bits per heavy atom. The first-order valence-electron chi connectivity index (χ1n) is 6.07. The first kappa shape index (κ1) is 12.3. The number of hydrogen-bond acceptors (Lipinski definition) is 6. The Kier molecular flexibility index (Phi) is 2.90. The van der Waals surface area contributed by atoms with E-state index < -0.39 is 0 Å². The van der Waals surface area contributed by atoms with Crippen LogP contribution in [0.25, 0.3) is 23.0 Å². The Morgan fingerprint density at radius 2 is 1.95 bits per heavy atom. The SMILES string of the molecule is Cc1ccc(-c2nc(-c3ccnc(C)n3)no2)c(O)c1. The van der Waals surface area contributed by atoms with Crippen molar-refractivity contribution >= 4 is 0 Å². The molecule has 2 aromatic heterocycles. The lowest BCUT2D eigenvalue weighted by Gasteiger charge is -1.99. The van der Waals surface area contributed by atoms with Gasteiger partial charge in [0.25, 0.3) is 5.89 Å². The predicted octanol–water partition coefficient (Wildman–Crippen LogP) is 2.52. The van der Waals surface area contributed by atoms with Crippen LogP contribution in [-0.4, -0.2) is 25.2 Å². The molecule has 0 radical (unpaired) electrons. The minimum absolute atomic E-state index is 0.110. The second-order valence-electron chi connectivity index (χ2n) is 4.43. The third-order valence-corrected chi connectivity index (χ3v) is 2.81. The van der Waals surface area contributed by atoms with Crippen LogP contribution < -0.4 is 0 Å². The van der Waals surface area contributed by atoms with E-state index in [1.54, 1.807) is 31.3 Å². The molecule has 0 bridgehead atoms. The molecule has 0 amide bonds. The fourth-order valence-corrected chi connectivity index (χ4v) is 1.84. The molecule has 3 rings (SSSR count). The van der Waals surface area contributed by atoms with Crippen LogP contribution in [0.2, 0.25) is 0 Å². The number of nitrogens with zero attached hydrogens (tertiary/aromatic N) is 4. The largest absolute Gasteiger partial charge is 0.507 e. The normalized spacial score (nSPS) is 10.7. The van der Waals surface area contributed by atoms with E-state index in [9.17, 15) is 5.11 Å². The number of aromatic hydroxyl groups is 1. The topological polar surface area (TPSA) is 84.9 Å². The van der Waals surface area contributed by atoms with Crippen LogP contribution in [0.15, 0.2) is 35.0 Å². The lowest BCUT2D eigenvalue weighted by molar-refractivity contribution is 0.425. The number of benzene rings is 1. The van der Waals surface area contributed by atoms with Gasteiger partial charge in [0.2, 0.25) is 5.82 Å². The van der Waals surface area contributed by atoms with E-state index in [1.807, 2.05) is 13.0 Å². The van der Waals surface area contributed by atoms with Gasteiger partial charge in [0.15, 0.2) is 0 Å². The van der Waals surface area contributed by atoms with Gasteiger partial charge >= 0.3 is 0 Å². The van der Waals surface area contributed by atoms with Crippen LogP contribution >= 0.6 is 0 Å². The Balaban J connectivity index is 2.02. The van der Waals surface area contributed by atoms with Gasteiger partial charge in [0, 0.05) is 6.20 Å². The molecule has 6 nitrogen and oxygen atoms in total. The summed E-state index contributed by atoms with van der Waals surface area (Å²) in [5, 5.41) is 13.8. The highest BCUT2D eigenvalue weighted by Gasteiger charge is 2.14. The average Bonchev–Trinajstić information content (AvgIpc) is 2.88. The van der Waals surface area contributed by atoms with Gasteiger partial charge in [0.1, 0.15) is 17.3 Å². The maximum atomic E-state index is 9.92. The monoisotopic (exact) mass is 268 g/mol. The van der Waals surface area contributed by atoms with Crippen LogP contribution in [0.1, 0.15) is 11.4 Å². The van der Waals surface area contributed by atoms with Gasteiger partial charge in [-0.25, -0.2) is 9.97 Å². The maximum Gasteiger partial charge on any atom is 0.262 e. The molecule has 0 fully saturated rings. The van der Waals surface area contributed by atoms with E-state index >= 15 is 0 Å². The minimum Gasteiger partial charge on any atom is -0.507 e. The van der Waals surface area contributed by atoms with Gasteiger partial charge in [-0.15, -0.1) is 0 Å². The highest BCUT2D eigenvalue weighted by Crippen LogP contribution is 2.29. The summed E-state index contributed by atoms with van der Waals surface area (Å²) in [7, 11) is 0. The first-order valence-corrected chi connectivity index (χ1v) is 6.07. The third-order valence-electron chi connectivity index (χ3n) is 2.81. The van der Waals surface area contributed by atoms with Crippen LogP contribution in [-0.2, 0) is 0 Å². The average molecular weight is 268 g/mol. The molecule has 0 unspecified atom stereocenters. The Hall–Kier alpha value is -2.76. The van der Waals surface area contributed by atoms with Crippen molar-refractivity contribution in [2.75, 3.05) is 0 Å². The highest BCUT2D eigenvalue weighted by atomic mass is 16.5. The Morgan fingerprint density at radius 1 is 1.10 bits per heavy atom. The number of phenolic OH excluding ortho intramolecular Hbond substituents is 1. The van der Waals surface area contributed by atoms with Crippen LogP contribution in [0, 0.1) is 13.8 Å². The molecule has 0 saturated heterocycles. The summed E-state index contributed by atoms with van der Waals surface area (Å²) in [5.41, 5.74) is 2.04. The number of aryl methyl sites for hydroxylation is 2. The van der Waals surface area contributed by atoms with Crippen molar-refractivity contribution in [3.05, 3.63) is 41.9 Å². The van der Waals surface area contributed by atoms with Gasteiger partial charge in [-0.2, -0.15) is 4.98 Å². The standard InChI is InChI=1S/C14H12N4O2/c1-8-3-4-10(12(19)7-8)14-17-13(18-20-14)11-5-6-15-9(2)16-11/h3-7,19H,1-2H3. The van der Waals surface area contributed by atoms with Gasteiger partial charge in [0.05, 0.1) is 5.56 Å². The fourth-order valence-electron chi connectivity index (χ4n) is 1.84. The van der Waals surface area contributed by atoms with E-state index in [-0.39, 0.29) is 11.6 Å². The smallest absolute Gasteiger partial charge is 0.262 e. The zero-order chi connectivity index (χ0) is 14.1. The van der Waals surface area contributed by atoms with Gasteiger partial charge in [-0.1, -0.05) is 11.2 Å².